The highest BCUT2D eigenvalue weighted by Crippen LogP contribution is 2.17. The lowest BCUT2D eigenvalue weighted by Crippen LogP contribution is -2.47. The number of nitrogens with zero attached hydrogens (tertiary/aromatic N) is 1. The maximum absolute atomic E-state index is 12.5. The van der Waals surface area contributed by atoms with E-state index < -0.39 is 0 Å². The van der Waals surface area contributed by atoms with Crippen molar-refractivity contribution in [2.45, 2.75) is 13.0 Å². The van der Waals surface area contributed by atoms with Gasteiger partial charge in [-0.3, -0.25) is 4.79 Å². The van der Waals surface area contributed by atoms with Crippen LogP contribution in [0.25, 0.3) is 0 Å². The van der Waals surface area contributed by atoms with Crippen LogP contribution in [0.15, 0.2) is 18.2 Å². The number of anilines is 1. The van der Waals surface area contributed by atoms with Crippen LogP contribution in [0, 0.1) is 6.92 Å². The Morgan fingerprint density at radius 3 is 3.11 bits per heavy atom. The van der Waals surface area contributed by atoms with Crippen molar-refractivity contribution < 1.29 is 14.3 Å². The summed E-state index contributed by atoms with van der Waals surface area (Å²) in [6, 6.07) is 5.41. The molecule has 0 aromatic heterocycles. The molecule has 0 radical (unpaired) electrons. The lowest BCUT2D eigenvalue weighted by Gasteiger charge is -2.33. The Kier molecular flexibility index (Phi) is 4.39. The minimum absolute atomic E-state index is 0.00852. The molecule has 0 bridgehead atoms. The first-order valence-corrected chi connectivity index (χ1v) is 6.37. The van der Waals surface area contributed by atoms with Crippen molar-refractivity contribution in [3.05, 3.63) is 29.3 Å². The second-order valence-electron chi connectivity index (χ2n) is 4.77. The van der Waals surface area contributed by atoms with Gasteiger partial charge in [-0.2, -0.15) is 0 Å². The van der Waals surface area contributed by atoms with Gasteiger partial charge in [-0.25, -0.2) is 0 Å². The summed E-state index contributed by atoms with van der Waals surface area (Å²) >= 11 is 0. The molecule has 2 rings (SSSR count). The number of nitrogens with two attached hydrogens (primary N) is 1. The van der Waals surface area contributed by atoms with Crippen LogP contribution in [0.5, 0.6) is 0 Å². The molecule has 1 saturated heterocycles. The lowest BCUT2D eigenvalue weighted by molar-refractivity contribution is -0.0531. The molecule has 2 N–H and O–H groups in total. The summed E-state index contributed by atoms with van der Waals surface area (Å²) in [5, 5.41) is 0. The van der Waals surface area contributed by atoms with E-state index in [1.807, 2.05) is 13.0 Å². The maximum Gasteiger partial charge on any atom is 0.254 e. The standard InChI is InChI=1S/C14H20N2O3/c1-10-3-4-11(15)7-13(10)14(17)16-5-6-19-12(8-16)9-18-2/h3-4,7,12H,5-6,8-9,15H2,1-2H3. The number of aryl methyl sites for hydroxylation is 1. The number of benzene rings is 1. The summed E-state index contributed by atoms with van der Waals surface area (Å²) in [5.74, 6) is 0.00852. The summed E-state index contributed by atoms with van der Waals surface area (Å²) < 4.78 is 10.6. The van der Waals surface area contributed by atoms with Gasteiger partial charge >= 0.3 is 0 Å². The van der Waals surface area contributed by atoms with Gasteiger partial charge in [0.2, 0.25) is 0 Å². The second-order valence-corrected chi connectivity index (χ2v) is 4.77. The first kappa shape index (κ1) is 13.8. The van der Waals surface area contributed by atoms with Crippen LogP contribution in [0.4, 0.5) is 5.69 Å². The van der Waals surface area contributed by atoms with Crippen LogP contribution in [-0.2, 0) is 9.47 Å². The number of morpholine rings is 1. The van der Waals surface area contributed by atoms with Gasteiger partial charge in [0.25, 0.3) is 5.91 Å². The summed E-state index contributed by atoms with van der Waals surface area (Å²) in [4.78, 5) is 14.3. The zero-order valence-corrected chi connectivity index (χ0v) is 11.4. The normalized spacial score (nSPS) is 19.5. The first-order chi connectivity index (χ1) is 9.11. The zero-order valence-electron chi connectivity index (χ0n) is 11.4. The number of nitrogen functional groups attached to an aromatic ring is 1. The molecule has 1 atom stereocenters. The van der Waals surface area contributed by atoms with Gasteiger partial charge in [-0.1, -0.05) is 6.07 Å². The largest absolute Gasteiger partial charge is 0.399 e. The third kappa shape index (κ3) is 3.24. The third-order valence-corrected chi connectivity index (χ3v) is 3.27. The molecular weight excluding hydrogens is 244 g/mol. The molecule has 1 aliphatic rings. The van der Waals surface area contributed by atoms with E-state index in [0.717, 1.165) is 5.56 Å². The average Bonchev–Trinajstić information content (AvgIpc) is 2.41. The van der Waals surface area contributed by atoms with Gasteiger partial charge in [0.1, 0.15) is 0 Å². The van der Waals surface area contributed by atoms with Crippen LogP contribution in [0.3, 0.4) is 0 Å². The molecule has 1 amide bonds. The molecule has 0 aliphatic carbocycles. The quantitative estimate of drug-likeness (QED) is 0.829. The van der Waals surface area contributed by atoms with Gasteiger partial charge in [-0.15, -0.1) is 0 Å². The van der Waals surface area contributed by atoms with E-state index >= 15 is 0 Å². The SMILES string of the molecule is COCC1CN(C(=O)c2cc(N)ccc2C)CCO1. The summed E-state index contributed by atoms with van der Waals surface area (Å²) in [6.07, 6.45) is -0.0518. The Morgan fingerprint density at radius 1 is 1.58 bits per heavy atom. The van der Waals surface area contributed by atoms with E-state index in [1.165, 1.54) is 0 Å². The van der Waals surface area contributed by atoms with Crippen LogP contribution in [0.1, 0.15) is 15.9 Å². The fourth-order valence-corrected chi connectivity index (χ4v) is 2.23. The van der Waals surface area contributed by atoms with Gasteiger partial charge in [-0.05, 0) is 24.6 Å². The molecule has 1 fully saturated rings. The first-order valence-electron chi connectivity index (χ1n) is 6.37. The number of carbonyl (C=O) groups is 1. The second kappa shape index (κ2) is 6.04. The zero-order chi connectivity index (χ0) is 13.8. The lowest BCUT2D eigenvalue weighted by atomic mass is 10.1. The summed E-state index contributed by atoms with van der Waals surface area (Å²) in [5.41, 5.74) is 7.97. The Bertz CT molecular complexity index is 460. The number of amides is 1. The molecule has 1 aromatic carbocycles. The average molecular weight is 264 g/mol. The number of rotatable bonds is 3. The molecule has 1 heterocycles. The van der Waals surface area contributed by atoms with E-state index in [1.54, 1.807) is 24.1 Å². The maximum atomic E-state index is 12.5. The van der Waals surface area contributed by atoms with Crippen LogP contribution >= 0.6 is 0 Å². The van der Waals surface area contributed by atoms with E-state index in [4.69, 9.17) is 15.2 Å². The molecule has 19 heavy (non-hydrogen) atoms. The van der Waals surface area contributed by atoms with E-state index in [9.17, 15) is 4.79 Å². The van der Waals surface area contributed by atoms with Crippen molar-refractivity contribution >= 4 is 11.6 Å². The molecule has 5 nitrogen and oxygen atoms in total. The fourth-order valence-electron chi connectivity index (χ4n) is 2.23. The van der Waals surface area contributed by atoms with Gasteiger partial charge < -0.3 is 20.1 Å². The molecule has 5 heteroatoms. The van der Waals surface area contributed by atoms with Crippen molar-refractivity contribution in [3.63, 3.8) is 0 Å². The number of hydrogen-bond acceptors (Lipinski definition) is 4. The van der Waals surface area contributed by atoms with Crippen LogP contribution in [0.2, 0.25) is 0 Å². The number of ether oxygens (including phenoxy) is 2. The Morgan fingerprint density at radius 2 is 2.37 bits per heavy atom. The highest BCUT2D eigenvalue weighted by Gasteiger charge is 2.25. The van der Waals surface area contributed by atoms with Crippen molar-refractivity contribution in [3.8, 4) is 0 Å². The Balaban J connectivity index is 2.12. The minimum atomic E-state index is -0.0518. The summed E-state index contributed by atoms with van der Waals surface area (Å²) in [7, 11) is 1.63. The number of methoxy groups -OCH3 is 1. The molecule has 0 saturated carbocycles. The van der Waals surface area contributed by atoms with E-state index in [0.29, 0.717) is 37.6 Å². The number of carbonyl (C=O) groups excluding carboxylic acids is 1. The Hall–Kier alpha value is -1.59. The highest BCUT2D eigenvalue weighted by molar-refractivity contribution is 5.96. The number of hydrogen-bond donors (Lipinski definition) is 1. The molecule has 0 spiro atoms. The van der Waals surface area contributed by atoms with Gasteiger partial charge in [0.05, 0.1) is 19.3 Å². The topological polar surface area (TPSA) is 64.8 Å². The molecular formula is C14H20N2O3. The van der Waals surface area contributed by atoms with Crippen molar-refractivity contribution in [1.82, 2.24) is 4.90 Å². The van der Waals surface area contributed by atoms with Gasteiger partial charge in [0.15, 0.2) is 0 Å². The predicted molar refractivity (Wildman–Crippen MR) is 73.1 cm³/mol. The summed E-state index contributed by atoms with van der Waals surface area (Å²) in [6.45, 7) is 4.12. The fraction of sp³-hybridized carbons (Fsp3) is 0.500. The monoisotopic (exact) mass is 264 g/mol. The van der Waals surface area contributed by atoms with E-state index in [2.05, 4.69) is 0 Å². The van der Waals surface area contributed by atoms with Gasteiger partial charge in [0, 0.05) is 31.5 Å². The van der Waals surface area contributed by atoms with E-state index in [-0.39, 0.29) is 12.0 Å². The van der Waals surface area contributed by atoms with Crippen molar-refractivity contribution in [2.75, 3.05) is 39.1 Å². The minimum Gasteiger partial charge on any atom is -0.399 e. The van der Waals surface area contributed by atoms with Crippen LogP contribution in [-0.4, -0.2) is 50.3 Å². The molecule has 1 aromatic rings. The Labute approximate surface area is 113 Å². The highest BCUT2D eigenvalue weighted by atomic mass is 16.5. The smallest absolute Gasteiger partial charge is 0.254 e. The van der Waals surface area contributed by atoms with Crippen molar-refractivity contribution in [1.29, 1.82) is 0 Å². The molecule has 104 valence electrons. The molecule has 1 unspecified atom stereocenters. The van der Waals surface area contributed by atoms with Crippen molar-refractivity contribution in [2.24, 2.45) is 0 Å². The molecule has 1 aliphatic heterocycles. The predicted octanol–water partition coefficient (Wildman–Crippen LogP) is 1.06. The third-order valence-electron chi connectivity index (χ3n) is 3.27. The van der Waals surface area contributed by atoms with Crippen LogP contribution < -0.4 is 5.73 Å².